The summed E-state index contributed by atoms with van der Waals surface area (Å²) in [5.41, 5.74) is 0. The summed E-state index contributed by atoms with van der Waals surface area (Å²) in [5, 5.41) is 9.90. The highest BCUT2D eigenvalue weighted by atomic mass is 16.6. The van der Waals surface area contributed by atoms with Gasteiger partial charge in [0.1, 0.15) is 0 Å². The van der Waals surface area contributed by atoms with E-state index in [0.717, 1.165) is 19.3 Å². The van der Waals surface area contributed by atoms with Crippen molar-refractivity contribution in [3.05, 3.63) is 12.7 Å². The fourth-order valence-electron chi connectivity index (χ4n) is 2.41. The van der Waals surface area contributed by atoms with Gasteiger partial charge in [0.25, 0.3) is 0 Å². The Morgan fingerprint density at radius 2 is 1.88 bits per heavy atom. The third-order valence-electron chi connectivity index (χ3n) is 3.55. The number of carbonyl (C=O) groups excluding carboxylic acids is 1. The molecule has 0 saturated carbocycles. The molecule has 0 rings (SSSR count). The van der Waals surface area contributed by atoms with E-state index in [4.69, 9.17) is 9.47 Å². The number of unbranched alkanes of at least 4 members (excludes halogenated alkanes) is 4. The summed E-state index contributed by atoms with van der Waals surface area (Å²) in [7, 11) is 0. The lowest BCUT2D eigenvalue weighted by Crippen LogP contribution is -2.30. The molecule has 0 aliphatic rings. The highest BCUT2D eigenvalue weighted by molar-refractivity contribution is 5.66. The van der Waals surface area contributed by atoms with Gasteiger partial charge in [0.15, 0.2) is 11.9 Å². The summed E-state index contributed by atoms with van der Waals surface area (Å²) in [4.78, 5) is 10.9. The second-order valence-electron chi connectivity index (χ2n) is 6.77. The molecule has 0 aliphatic carbocycles. The van der Waals surface area contributed by atoms with Gasteiger partial charge in [-0.05, 0) is 50.5 Å². The summed E-state index contributed by atoms with van der Waals surface area (Å²) in [6.45, 7) is 10.4. The van der Waals surface area contributed by atoms with Crippen LogP contribution in [0.5, 0.6) is 0 Å². The SMILES string of the molecule is C=CC(C#CC#CCCC(CCCCCCC)OC(C)(C)O)OC(C)=O. The van der Waals surface area contributed by atoms with Crippen LogP contribution in [0.4, 0.5) is 0 Å². The normalized spacial score (nSPS) is 12.8. The zero-order valence-corrected chi connectivity index (χ0v) is 16.8. The van der Waals surface area contributed by atoms with Gasteiger partial charge in [0.2, 0.25) is 0 Å². The first-order chi connectivity index (χ1) is 12.3. The maximum atomic E-state index is 10.9. The summed E-state index contributed by atoms with van der Waals surface area (Å²) >= 11 is 0. The number of hydrogen-bond donors (Lipinski definition) is 1. The molecular weight excluding hydrogens is 328 g/mol. The van der Waals surface area contributed by atoms with Crippen molar-refractivity contribution in [1.82, 2.24) is 0 Å². The van der Waals surface area contributed by atoms with E-state index >= 15 is 0 Å². The van der Waals surface area contributed by atoms with E-state index < -0.39 is 17.9 Å². The van der Waals surface area contributed by atoms with Crippen LogP contribution < -0.4 is 0 Å². The monoisotopic (exact) mass is 362 g/mol. The molecule has 0 spiro atoms. The Balaban J connectivity index is 4.39. The standard InChI is InChI=1S/C22H34O4/c1-6-8-9-10-14-17-21(26-22(4,5)24)18-15-12-11-13-16-20(7-2)25-19(3)23/h7,20-21,24H,2,6,8-10,14-15,17-18H2,1,3-5H3. The number of aliphatic hydroxyl groups is 1. The molecule has 0 fully saturated rings. The second kappa shape index (κ2) is 14.4. The van der Waals surface area contributed by atoms with Crippen molar-refractivity contribution in [3.8, 4) is 23.7 Å². The van der Waals surface area contributed by atoms with Gasteiger partial charge in [-0.1, -0.05) is 51.5 Å². The number of hydrogen-bond acceptors (Lipinski definition) is 4. The fraction of sp³-hybridized carbons (Fsp3) is 0.682. The molecule has 0 aromatic rings. The molecule has 4 nitrogen and oxygen atoms in total. The van der Waals surface area contributed by atoms with Crippen molar-refractivity contribution in [2.75, 3.05) is 0 Å². The van der Waals surface area contributed by atoms with Gasteiger partial charge in [-0.15, -0.1) is 0 Å². The fourth-order valence-corrected chi connectivity index (χ4v) is 2.41. The third kappa shape index (κ3) is 15.8. The zero-order chi connectivity index (χ0) is 19.8. The molecule has 0 bridgehead atoms. The minimum Gasteiger partial charge on any atom is -0.445 e. The highest BCUT2D eigenvalue weighted by Crippen LogP contribution is 2.18. The van der Waals surface area contributed by atoms with E-state index in [9.17, 15) is 9.90 Å². The molecule has 0 radical (unpaired) electrons. The van der Waals surface area contributed by atoms with Gasteiger partial charge < -0.3 is 14.6 Å². The summed E-state index contributed by atoms with van der Waals surface area (Å²) in [6.07, 6.45) is 9.15. The average molecular weight is 363 g/mol. The quantitative estimate of drug-likeness (QED) is 0.184. The molecule has 2 unspecified atom stereocenters. The van der Waals surface area contributed by atoms with Crippen LogP contribution in [0.15, 0.2) is 12.7 Å². The lowest BCUT2D eigenvalue weighted by Gasteiger charge is -2.26. The number of carbonyl (C=O) groups is 1. The molecule has 1 N–H and O–H groups in total. The molecule has 0 aliphatic heterocycles. The summed E-state index contributed by atoms with van der Waals surface area (Å²) in [6, 6.07) is 0. The van der Waals surface area contributed by atoms with Gasteiger partial charge in [-0.2, -0.15) is 0 Å². The predicted octanol–water partition coefficient (Wildman–Crippen LogP) is 4.37. The van der Waals surface area contributed by atoms with E-state index in [1.807, 2.05) is 0 Å². The van der Waals surface area contributed by atoms with Crippen molar-refractivity contribution in [2.24, 2.45) is 0 Å². The Morgan fingerprint density at radius 1 is 1.19 bits per heavy atom. The first kappa shape index (κ1) is 24.2. The van der Waals surface area contributed by atoms with Gasteiger partial charge in [-0.3, -0.25) is 4.79 Å². The third-order valence-corrected chi connectivity index (χ3v) is 3.55. The lowest BCUT2D eigenvalue weighted by molar-refractivity contribution is -0.207. The first-order valence-electron chi connectivity index (χ1n) is 9.46. The zero-order valence-electron chi connectivity index (χ0n) is 16.8. The maximum absolute atomic E-state index is 10.9. The Labute approximate surface area is 159 Å². The van der Waals surface area contributed by atoms with E-state index in [1.165, 1.54) is 38.7 Å². The Bertz CT molecular complexity index is 522. The van der Waals surface area contributed by atoms with Gasteiger partial charge >= 0.3 is 5.97 Å². The van der Waals surface area contributed by atoms with Crippen LogP contribution in [0.3, 0.4) is 0 Å². The Morgan fingerprint density at radius 3 is 2.46 bits per heavy atom. The molecule has 0 aromatic carbocycles. The lowest BCUT2D eigenvalue weighted by atomic mass is 10.0. The Kier molecular flexibility index (Phi) is 13.5. The average Bonchev–Trinajstić information content (AvgIpc) is 2.54. The van der Waals surface area contributed by atoms with E-state index in [2.05, 4.69) is 37.2 Å². The second-order valence-corrected chi connectivity index (χ2v) is 6.77. The minimum atomic E-state index is -1.14. The molecular formula is C22H34O4. The molecule has 146 valence electrons. The molecule has 0 amide bonds. The van der Waals surface area contributed by atoms with Crippen molar-refractivity contribution in [2.45, 2.75) is 97.1 Å². The molecule has 0 aromatic heterocycles. The van der Waals surface area contributed by atoms with Crippen molar-refractivity contribution >= 4 is 5.97 Å². The van der Waals surface area contributed by atoms with Crippen molar-refractivity contribution in [3.63, 3.8) is 0 Å². The largest absolute Gasteiger partial charge is 0.445 e. The molecule has 26 heavy (non-hydrogen) atoms. The molecule has 0 saturated heterocycles. The van der Waals surface area contributed by atoms with Crippen LogP contribution in [-0.2, 0) is 14.3 Å². The maximum Gasteiger partial charge on any atom is 0.304 e. The van der Waals surface area contributed by atoms with Gasteiger partial charge in [-0.25, -0.2) is 0 Å². The smallest absolute Gasteiger partial charge is 0.304 e. The minimum absolute atomic E-state index is 0.0131. The van der Waals surface area contributed by atoms with Crippen molar-refractivity contribution < 1.29 is 19.4 Å². The van der Waals surface area contributed by atoms with Crippen LogP contribution in [0.1, 0.15) is 79.1 Å². The van der Waals surface area contributed by atoms with Crippen LogP contribution in [0.2, 0.25) is 0 Å². The van der Waals surface area contributed by atoms with Crippen LogP contribution in [0, 0.1) is 23.7 Å². The summed E-state index contributed by atoms with van der Waals surface area (Å²) in [5.74, 6) is 9.61. The van der Waals surface area contributed by atoms with Crippen molar-refractivity contribution in [1.29, 1.82) is 0 Å². The number of rotatable bonds is 12. The van der Waals surface area contributed by atoms with Gasteiger partial charge in [0, 0.05) is 13.3 Å². The van der Waals surface area contributed by atoms with Crippen LogP contribution in [-0.4, -0.2) is 29.1 Å². The van der Waals surface area contributed by atoms with Crippen LogP contribution >= 0.6 is 0 Å². The van der Waals surface area contributed by atoms with Crippen LogP contribution in [0.25, 0.3) is 0 Å². The van der Waals surface area contributed by atoms with Gasteiger partial charge in [0.05, 0.1) is 6.10 Å². The Hall–Kier alpha value is -1.75. The predicted molar refractivity (Wildman–Crippen MR) is 105 cm³/mol. The number of esters is 1. The molecule has 4 heteroatoms. The van der Waals surface area contributed by atoms with E-state index in [0.29, 0.717) is 6.42 Å². The number of ether oxygens (including phenoxy) is 2. The molecule has 2 atom stereocenters. The topological polar surface area (TPSA) is 55.8 Å². The van der Waals surface area contributed by atoms with E-state index in [-0.39, 0.29) is 6.10 Å². The first-order valence-corrected chi connectivity index (χ1v) is 9.46. The highest BCUT2D eigenvalue weighted by Gasteiger charge is 2.19. The summed E-state index contributed by atoms with van der Waals surface area (Å²) < 4.78 is 10.7. The molecule has 0 heterocycles. The van der Waals surface area contributed by atoms with E-state index in [1.54, 1.807) is 13.8 Å².